The summed E-state index contributed by atoms with van der Waals surface area (Å²) in [5, 5.41) is 0. The maximum Gasteiger partial charge on any atom is 0.246 e. The van der Waals surface area contributed by atoms with Gasteiger partial charge in [-0.1, -0.05) is 22.9 Å². The molecule has 0 atom stereocenters. The molecule has 0 fully saturated rings. The molecule has 1 rings (SSSR count). The smallest absolute Gasteiger partial charge is 0.246 e. The Balaban J connectivity index is 3.30. The number of ether oxygens (including phenoxy) is 1. The third-order valence-electron chi connectivity index (χ3n) is 2.81. The standard InChI is InChI=1S/C12H18BrFN2O3S/c1-3-16(4-5-19-2)20(17,18)11-7-10(13)6-9(8-15)12(11)14/h6-7H,3-5,8,15H2,1-2H3. The molecule has 0 aromatic heterocycles. The quantitative estimate of drug-likeness (QED) is 0.794. The minimum atomic E-state index is -3.92. The summed E-state index contributed by atoms with van der Waals surface area (Å²) in [5.74, 6) is -0.799. The third-order valence-corrected chi connectivity index (χ3v) is 5.25. The second kappa shape index (κ2) is 7.46. The molecule has 0 aliphatic rings. The molecule has 0 amide bonds. The van der Waals surface area contributed by atoms with Crippen LogP contribution in [0.1, 0.15) is 12.5 Å². The minimum Gasteiger partial charge on any atom is -0.383 e. The van der Waals surface area contributed by atoms with Gasteiger partial charge in [0.05, 0.1) is 6.61 Å². The number of sulfonamides is 1. The molecule has 114 valence electrons. The van der Waals surface area contributed by atoms with Gasteiger partial charge in [0.2, 0.25) is 10.0 Å². The van der Waals surface area contributed by atoms with E-state index in [1.165, 1.54) is 23.5 Å². The van der Waals surface area contributed by atoms with Crippen molar-refractivity contribution in [2.45, 2.75) is 18.4 Å². The van der Waals surface area contributed by atoms with Crippen molar-refractivity contribution in [2.75, 3.05) is 26.8 Å². The Kier molecular flexibility index (Phi) is 6.53. The van der Waals surface area contributed by atoms with Crippen LogP contribution in [0, 0.1) is 5.82 Å². The molecule has 0 unspecified atom stereocenters. The molecule has 2 N–H and O–H groups in total. The van der Waals surface area contributed by atoms with Crippen molar-refractivity contribution >= 4 is 26.0 Å². The van der Waals surface area contributed by atoms with Gasteiger partial charge in [-0.25, -0.2) is 12.8 Å². The van der Waals surface area contributed by atoms with Gasteiger partial charge in [0, 0.05) is 36.8 Å². The van der Waals surface area contributed by atoms with Crippen LogP contribution < -0.4 is 5.73 Å². The molecule has 1 aromatic rings. The minimum absolute atomic E-state index is 0.0714. The van der Waals surface area contributed by atoms with Gasteiger partial charge in [-0.3, -0.25) is 0 Å². The first-order chi connectivity index (χ1) is 9.38. The number of hydrogen-bond acceptors (Lipinski definition) is 4. The van der Waals surface area contributed by atoms with E-state index in [9.17, 15) is 12.8 Å². The maximum atomic E-state index is 14.2. The first-order valence-corrected chi connectivity index (χ1v) is 8.28. The Labute approximate surface area is 127 Å². The lowest BCUT2D eigenvalue weighted by Crippen LogP contribution is -2.34. The number of nitrogens with zero attached hydrogens (tertiary/aromatic N) is 1. The Hall–Kier alpha value is -0.540. The van der Waals surface area contributed by atoms with Gasteiger partial charge in [-0.15, -0.1) is 0 Å². The highest BCUT2D eigenvalue weighted by Crippen LogP contribution is 2.26. The summed E-state index contributed by atoms with van der Waals surface area (Å²) >= 11 is 3.17. The predicted molar refractivity (Wildman–Crippen MR) is 78.3 cm³/mol. The van der Waals surface area contributed by atoms with Crippen molar-refractivity contribution in [1.82, 2.24) is 4.31 Å². The Morgan fingerprint density at radius 2 is 2.10 bits per heavy atom. The van der Waals surface area contributed by atoms with Crippen molar-refractivity contribution in [3.8, 4) is 0 Å². The zero-order chi connectivity index (χ0) is 15.3. The fourth-order valence-electron chi connectivity index (χ4n) is 1.73. The second-order valence-electron chi connectivity index (χ2n) is 4.07. The van der Waals surface area contributed by atoms with Crippen LogP contribution in [0.15, 0.2) is 21.5 Å². The van der Waals surface area contributed by atoms with Gasteiger partial charge in [0.1, 0.15) is 10.7 Å². The molecular weight excluding hydrogens is 351 g/mol. The first kappa shape index (κ1) is 17.5. The van der Waals surface area contributed by atoms with Crippen molar-refractivity contribution in [2.24, 2.45) is 5.73 Å². The lowest BCUT2D eigenvalue weighted by Gasteiger charge is -2.21. The van der Waals surface area contributed by atoms with Gasteiger partial charge in [0.15, 0.2) is 0 Å². The lowest BCUT2D eigenvalue weighted by molar-refractivity contribution is 0.180. The van der Waals surface area contributed by atoms with Gasteiger partial charge in [-0.2, -0.15) is 4.31 Å². The Morgan fingerprint density at radius 3 is 2.60 bits per heavy atom. The van der Waals surface area contributed by atoms with Crippen LogP contribution in [0.4, 0.5) is 4.39 Å². The zero-order valence-corrected chi connectivity index (χ0v) is 13.8. The van der Waals surface area contributed by atoms with Crippen molar-refractivity contribution in [3.05, 3.63) is 28.0 Å². The maximum absolute atomic E-state index is 14.2. The molecule has 1 aromatic carbocycles. The molecule has 0 bridgehead atoms. The molecule has 5 nitrogen and oxygen atoms in total. The average molecular weight is 369 g/mol. The van der Waals surface area contributed by atoms with Gasteiger partial charge in [-0.05, 0) is 12.1 Å². The van der Waals surface area contributed by atoms with Crippen LogP contribution in [0.3, 0.4) is 0 Å². The number of likely N-dealkylation sites (N-methyl/N-ethyl adjacent to an activating group) is 1. The number of methoxy groups -OCH3 is 1. The highest BCUT2D eigenvalue weighted by molar-refractivity contribution is 9.10. The van der Waals surface area contributed by atoms with Crippen LogP contribution in [0.5, 0.6) is 0 Å². The van der Waals surface area contributed by atoms with E-state index in [0.717, 1.165) is 0 Å². The van der Waals surface area contributed by atoms with Crippen molar-refractivity contribution in [3.63, 3.8) is 0 Å². The van der Waals surface area contributed by atoms with E-state index in [2.05, 4.69) is 15.9 Å². The fraction of sp³-hybridized carbons (Fsp3) is 0.500. The number of benzene rings is 1. The third kappa shape index (κ3) is 3.76. The topological polar surface area (TPSA) is 72.6 Å². The summed E-state index contributed by atoms with van der Waals surface area (Å²) in [6, 6.07) is 2.72. The molecule has 0 saturated carbocycles. The first-order valence-electron chi connectivity index (χ1n) is 6.05. The lowest BCUT2D eigenvalue weighted by atomic mass is 10.2. The zero-order valence-electron chi connectivity index (χ0n) is 11.4. The Bertz CT molecular complexity index is 566. The largest absolute Gasteiger partial charge is 0.383 e. The molecule has 0 aliphatic carbocycles. The van der Waals surface area contributed by atoms with Crippen LogP contribution in [-0.4, -0.2) is 39.5 Å². The SMILES string of the molecule is CCN(CCOC)S(=O)(=O)c1cc(Br)cc(CN)c1F. The molecule has 0 aliphatic heterocycles. The molecule has 0 heterocycles. The van der Waals surface area contributed by atoms with Crippen LogP contribution in [-0.2, 0) is 21.3 Å². The summed E-state index contributed by atoms with van der Waals surface area (Å²) in [4.78, 5) is -0.370. The van der Waals surface area contributed by atoms with E-state index < -0.39 is 15.8 Å². The number of hydrogen-bond donors (Lipinski definition) is 1. The van der Waals surface area contributed by atoms with E-state index in [0.29, 0.717) is 4.47 Å². The van der Waals surface area contributed by atoms with Gasteiger partial charge < -0.3 is 10.5 Å². The van der Waals surface area contributed by atoms with Crippen LogP contribution in [0.2, 0.25) is 0 Å². The summed E-state index contributed by atoms with van der Waals surface area (Å²) in [6.07, 6.45) is 0. The van der Waals surface area contributed by atoms with E-state index in [1.54, 1.807) is 6.92 Å². The molecule has 0 radical (unpaired) electrons. The van der Waals surface area contributed by atoms with Crippen molar-refractivity contribution in [1.29, 1.82) is 0 Å². The second-order valence-corrected chi connectivity index (χ2v) is 6.89. The Morgan fingerprint density at radius 1 is 1.45 bits per heavy atom. The number of rotatable bonds is 7. The fourth-order valence-corrected chi connectivity index (χ4v) is 3.96. The van der Waals surface area contributed by atoms with Crippen molar-refractivity contribution < 1.29 is 17.5 Å². The van der Waals surface area contributed by atoms with Gasteiger partial charge >= 0.3 is 0 Å². The number of halogens is 2. The highest BCUT2D eigenvalue weighted by Gasteiger charge is 2.27. The van der Waals surface area contributed by atoms with E-state index in [-0.39, 0.29) is 36.7 Å². The molecule has 0 saturated heterocycles. The predicted octanol–water partition coefficient (Wildman–Crippen LogP) is 1.70. The molecular formula is C12H18BrFN2O3S. The van der Waals surface area contributed by atoms with Crippen LogP contribution >= 0.6 is 15.9 Å². The summed E-state index contributed by atoms with van der Waals surface area (Å²) in [5.41, 5.74) is 5.58. The van der Waals surface area contributed by atoms with E-state index >= 15 is 0 Å². The molecule has 20 heavy (non-hydrogen) atoms. The van der Waals surface area contributed by atoms with Crippen LogP contribution in [0.25, 0.3) is 0 Å². The monoisotopic (exact) mass is 368 g/mol. The summed E-state index contributed by atoms with van der Waals surface area (Å²) < 4.78 is 45.7. The average Bonchev–Trinajstić information content (AvgIpc) is 2.41. The highest BCUT2D eigenvalue weighted by atomic mass is 79.9. The normalized spacial score (nSPS) is 12.1. The summed E-state index contributed by atoms with van der Waals surface area (Å²) in [6.45, 7) is 2.26. The van der Waals surface area contributed by atoms with Gasteiger partial charge in [0.25, 0.3) is 0 Å². The van der Waals surface area contributed by atoms with E-state index in [1.807, 2.05) is 0 Å². The van der Waals surface area contributed by atoms with E-state index in [4.69, 9.17) is 10.5 Å². The number of nitrogens with two attached hydrogens (primary N) is 1. The summed E-state index contributed by atoms with van der Waals surface area (Å²) in [7, 11) is -2.44. The molecule has 0 spiro atoms. The molecule has 8 heteroatoms.